The summed E-state index contributed by atoms with van der Waals surface area (Å²) >= 11 is 0. The molecule has 0 aromatic rings. The second-order valence-electron chi connectivity index (χ2n) is 15.2. The number of rotatable bonds is 11. The van der Waals surface area contributed by atoms with E-state index in [9.17, 15) is 14.4 Å². The van der Waals surface area contributed by atoms with Crippen molar-refractivity contribution in [2.45, 2.75) is 143 Å². The summed E-state index contributed by atoms with van der Waals surface area (Å²) in [5, 5.41) is 0. The maximum atomic E-state index is 13.2. The maximum absolute atomic E-state index is 13.2. The number of carbonyl (C=O) groups excluding carboxylic acids is 3. The Kier molecular flexibility index (Phi) is 12.6. The van der Waals surface area contributed by atoms with Gasteiger partial charge in [-0.3, -0.25) is 14.4 Å². The fourth-order valence-electron chi connectivity index (χ4n) is 9.05. The molecule has 0 amide bonds. The van der Waals surface area contributed by atoms with Crippen LogP contribution in [0, 0.1) is 46.8 Å². The van der Waals surface area contributed by atoms with Crippen LogP contribution in [0.2, 0.25) is 0 Å². The molecule has 0 radical (unpaired) electrons. The van der Waals surface area contributed by atoms with E-state index in [0.29, 0.717) is 30.8 Å². The van der Waals surface area contributed by atoms with Gasteiger partial charge in [-0.25, -0.2) is 0 Å². The zero-order chi connectivity index (χ0) is 31.1. The molecule has 4 fully saturated rings. The van der Waals surface area contributed by atoms with Gasteiger partial charge in [0.15, 0.2) is 0 Å². The Hall–Kier alpha value is -1.47. The lowest BCUT2D eigenvalue weighted by Crippen LogP contribution is -2.46. The Morgan fingerprint density at radius 2 is 1.12 bits per heavy atom. The molecule has 4 aliphatic rings. The van der Waals surface area contributed by atoms with Crippen molar-refractivity contribution < 1.29 is 33.3 Å². The van der Waals surface area contributed by atoms with E-state index in [2.05, 4.69) is 20.8 Å². The van der Waals surface area contributed by atoms with E-state index in [4.69, 9.17) is 18.9 Å². The van der Waals surface area contributed by atoms with E-state index >= 15 is 0 Å². The molecule has 43 heavy (non-hydrogen) atoms. The molecule has 0 heterocycles. The Balaban J connectivity index is 1.33. The van der Waals surface area contributed by atoms with Crippen LogP contribution in [0.15, 0.2) is 0 Å². The number of methoxy groups -OCH3 is 1. The zero-order valence-corrected chi connectivity index (χ0v) is 27.9. The van der Waals surface area contributed by atoms with Crippen molar-refractivity contribution in [3.05, 3.63) is 0 Å². The van der Waals surface area contributed by atoms with Crippen LogP contribution in [-0.4, -0.2) is 56.4 Å². The summed E-state index contributed by atoms with van der Waals surface area (Å²) in [7, 11) is 1.76. The highest BCUT2D eigenvalue weighted by molar-refractivity contribution is 5.83. The number of esters is 2. The number of ketones is 1. The van der Waals surface area contributed by atoms with Gasteiger partial charge >= 0.3 is 11.9 Å². The molecule has 7 nitrogen and oxygen atoms in total. The minimum atomic E-state index is -0.234. The average molecular weight is 605 g/mol. The molecule has 0 aliphatic heterocycles. The highest BCUT2D eigenvalue weighted by atomic mass is 16.5. The third-order valence-corrected chi connectivity index (χ3v) is 12.1. The van der Waals surface area contributed by atoms with Gasteiger partial charge in [0.25, 0.3) is 0 Å². The van der Waals surface area contributed by atoms with Crippen LogP contribution in [0.4, 0.5) is 0 Å². The zero-order valence-electron chi connectivity index (χ0n) is 27.9. The molecule has 7 heteroatoms. The van der Waals surface area contributed by atoms with E-state index in [1.165, 1.54) is 26.7 Å². The first kappa shape index (κ1) is 34.4. The molecule has 6 atom stereocenters. The van der Waals surface area contributed by atoms with Crippen LogP contribution in [0.5, 0.6) is 0 Å². The lowest BCUT2D eigenvalue weighted by atomic mass is 9.58. The lowest BCUT2D eigenvalue weighted by Gasteiger charge is -2.50. The Labute approximate surface area is 260 Å². The van der Waals surface area contributed by atoms with Gasteiger partial charge in [0.1, 0.15) is 5.78 Å². The van der Waals surface area contributed by atoms with Crippen LogP contribution < -0.4 is 0 Å². The quantitative estimate of drug-likeness (QED) is 0.228. The van der Waals surface area contributed by atoms with Gasteiger partial charge in [0.05, 0.1) is 31.5 Å². The van der Waals surface area contributed by atoms with Crippen molar-refractivity contribution in [1.82, 2.24) is 0 Å². The summed E-state index contributed by atoms with van der Waals surface area (Å²) < 4.78 is 23.6. The van der Waals surface area contributed by atoms with Crippen molar-refractivity contribution in [2.24, 2.45) is 46.8 Å². The van der Waals surface area contributed by atoms with Gasteiger partial charge in [0.2, 0.25) is 0 Å². The second kappa shape index (κ2) is 15.7. The molecular formula is C36H60O7. The summed E-state index contributed by atoms with van der Waals surface area (Å²) in [6.45, 7) is 10.9. The molecule has 0 saturated heterocycles. The first-order valence-electron chi connectivity index (χ1n) is 17.5. The molecule has 6 unspecified atom stereocenters. The molecule has 0 aromatic heterocycles. The number of ether oxygens (including phenoxy) is 4. The fourth-order valence-corrected chi connectivity index (χ4v) is 9.05. The maximum Gasteiger partial charge on any atom is 0.302 e. The Morgan fingerprint density at radius 1 is 0.651 bits per heavy atom. The molecule has 0 spiro atoms. The third-order valence-electron chi connectivity index (χ3n) is 12.1. The number of carbonyl (C=O) groups is 3. The van der Waals surface area contributed by atoms with Crippen molar-refractivity contribution in [3.8, 4) is 0 Å². The Morgan fingerprint density at radius 3 is 1.60 bits per heavy atom. The normalized spacial score (nSPS) is 37.3. The molecular weight excluding hydrogens is 544 g/mol. The SMILES string of the molecule is COC1CCC(C(C)(C)C2CCC(OC3CCC(C(=O)C4CCC(C)CC4)CC3)C(COC(C)=O)C2)CC1COC(C)=O. The molecule has 246 valence electrons. The van der Waals surface area contributed by atoms with E-state index in [1.807, 2.05) is 0 Å². The highest BCUT2D eigenvalue weighted by Gasteiger charge is 2.46. The van der Waals surface area contributed by atoms with E-state index in [-0.39, 0.29) is 59.3 Å². The van der Waals surface area contributed by atoms with Gasteiger partial charge in [-0.05, 0) is 100 Å². The Bertz CT molecular complexity index is 915. The topological polar surface area (TPSA) is 88.1 Å². The summed E-state index contributed by atoms with van der Waals surface area (Å²) in [6.07, 6.45) is 14.9. The van der Waals surface area contributed by atoms with Crippen LogP contribution in [0.3, 0.4) is 0 Å². The molecule has 0 N–H and O–H groups in total. The first-order chi connectivity index (χ1) is 20.5. The summed E-state index contributed by atoms with van der Waals surface area (Å²) in [4.78, 5) is 36.6. The number of Topliss-reactive ketones (excluding diaryl/α,β-unsaturated/α-hetero) is 1. The van der Waals surface area contributed by atoms with Gasteiger partial charge in [-0.15, -0.1) is 0 Å². The van der Waals surface area contributed by atoms with Gasteiger partial charge in [-0.2, -0.15) is 0 Å². The van der Waals surface area contributed by atoms with Crippen molar-refractivity contribution in [3.63, 3.8) is 0 Å². The molecule has 4 rings (SSSR count). The van der Waals surface area contributed by atoms with E-state index < -0.39 is 0 Å². The van der Waals surface area contributed by atoms with E-state index in [0.717, 1.165) is 83.0 Å². The standard InChI is InChI=1S/C36H60O7/c1-23-7-9-26(10-8-23)35(39)27-11-15-32(16-12-27)43-34-18-14-31(20-29(34)22-42-25(3)38)36(4,5)30-13-17-33(40-6)28(19-30)21-41-24(2)37/h23,26-34H,7-22H2,1-6H3. The minimum Gasteiger partial charge on any atom is -0.465 e. The van der Waals surface area contributed by atoms with Crippen molar-refractivity contribution in [1.29, 1.82) is 0 Å². The highest BCUT2D eigenvalue weighted by Crippen LogP contribution is 2.51. The van der Waals surface area contributed by atoms with Gasteiger partial charge < -0.3 is 18.9 Å². The van der Waals surface area contributed by atoms with Gasteiger partial charge in [-0.1, -0.05) is 33.6 Å². The summed E-state index contributed by atoms with van der Waals surface area (Å²) in [6, 6.07) is 0. The lowest BCUT2D eigenvalue weighted by molar-refractivity contribution is -0.150. The predicted molar refractivity (Wildman–Crippen MR) is 166 cm³/mol. The monoisotopic (exact) mass is 604 g/mol. The largest absolute Gasteiger partial charge is 0.465 e. The summed E-state index contributed by atoms with van der Waals surface area (Å²) in [5.41, 5.74) is 0.0992. The molecule has 4 saturated carbocycles. The summed E-state index contributed by atoms with van der Waals surface area (Å²) in [5.74, 6) is 2.72. The van der Waals surface area contributed by atoms with Crippen LogP contribution in [0.25, 0.3) is 0 Å². The number of hydrogen-bond donors (Lipinski definition) is 0. The van der Waals surface area contributed by atoms with Gasteiger partial charge in [0, 0.05) is 44.6 Å². The fraction of sp³-hybridized carbons (Fsp3) is 0.917. The van der Waals surface area contributed by atoms with Crippen LogP contribution in [-0.2, 0) is 33.3 Å². The van der Waals surface area contributed by atoms with Crippen molar-refractivity contribution in [2.75, 3.05) is 20.3 Å². The van der Waals surface area contributed by atoms with E-state index in [1.54, 1.807) is 7.11 Å². The smallest absolute Gasteiger partial charge is 0.302 e. The van der Waals surface area contributed by atoms with Crippen molar-refractivity contribution >= 4 is 17.7 Å². The number of hydrogen-bond acceptors (Lipinski definition) is 7. The average Bonchev–Trinajstić information content (AvgIpc) is 2.99. The predicted octanol–water partition coefficient (Wildman–Crippen LogP) is 7.33. The minimum absolute atomic E-state index is 0.0874. The molecule has 0 aromatic carbocycles. The second-order valence-corrected chi connectivity index (χ2v) is 15.2. The first-order valence-corrected chi connectivity index (χ1v) is 17.5. The molecule has 4 aliphatic carbocycles. The third kappa shape index (κ3) is 9.28. The molecule has 0 bridgehead atoms. The van der Waals surface area contributed by atoms with Crippen LogP contribution in [0.1, 0.15) is 125 Å². The van der Waals surface area contributed by atoms with Crippen LogP contribution >= 0.6 is 0 Å².